The Balaban J connectivity index is 2.17. The van der Waals surface area contributed by atoms with Gasteiger partial charge in [0.15, 0.2) is 0 Å². The summed E-state index contributed by atoms with van der Waals surface area (Å²) < 4.78 is 1.06. The van der Waals surface area contributed by atoms with Crippen molar-refractivity contribution in [3.63, 3.8) is 0 Å². The summed E-state index contributed by atoms with van der Waals surface area (Å²) in [5.41, 5.74) is 3.46. The molecular formula is C16H17BrN2O2. The van der Waals surface area contributed by atoms with E-state index in [-0.39, 0.29) is 16.7 Å². The van der Waals surface area contributed by atoms with Crippen molar-refractivity contribution >= 4 is 27.3 Å². The summed E-state index contributed by atoms with van der Waals surface area (Å²) >= 11 is 3.48. The van der Waals surface area contributed by atoms with Crippen molar-refractivity contribution in [2.24, 2.45) is 0 Å². The van der Waals surface area contributed by atoms with Gasteiger partial charge in [-0.15, -0.1) is 0 Å². The number of rotatable bonds is 5. The number of hydrogen-bond acceptors (Lipinski definition) is 3. The Labute approximate surface area is 132 Å². The van der Waals surface area contributed by atoms with Crippen molar-refractivity contribution in [2.75, 3.05) is 5.32 Å². The molecule has 0 fully saturated rings. The van der Waals surface area contributed by atoms with Crippen LogP contribution in [0.5, 0.6) is 0 Å². The summed E-state index contributed by atoms with van der Waals surface area (Å²) in [4.78, 5) is 10.3. The minimum absolute atomic E-state index is 0.0808. The van der Waals surface area contributed by atoms with Crippen LogP contribution in [-0.2, 0) is 6.42 Å². The van der Waals surface area contributed by atoms with Gasteiger partial charge in [0.2, 0.25) is 0 Å². The maximum atomic E-state index is 10.7. The summed E-state index contributed by atoms with van der Waals surface area (Å²) in [7, 11) is 0. The first-order valence-corrected chi connectivity index (χ1v) is 7.60. The van der Waals surface area contributed by atoms with Gasteiger partial charge in [-0.2, -0.15) is 0 Å². The number of benzene rings is 2. The molecule has 0 radical (unpaired) electrons. The van der Waals surface area contributed by atoms with Crippen LogP contribution in [-0.4, -0.2) is 4.92 Å². The second-order valence-corrected chi connectivity index (χ2v) is 5.79. The van der Waals surface area contributed by atoms with Crippen LogP contribution < -0.4 is 5.32 Å². The molecule has 1 N–H and O–H groups in total. The van der Waals surface area contributed by atoms with E-state index in [0.29, 0.717) is 0 Å². The van der Waals surface area contributed by atoms with Gasteiger partial charge in [0.05, 0.1) is 4.92 Å². The molecule has 0 saturated heterocycles. The van der Waals surface area contributed by atoms with Gasteiger partial charge in [0.25, 0.3) is 5.69 Å². The molecule has 4 nitrogen and oxygen atoms in total. The summed E-state index contributed by atoms with van der Waals surface area (Å²) in [6, 6.07) is 12.9. The van der Waals surface area contributed by atoms with Gasteiger partial charge in [-0.25, -0.2) is 0 Å². The Morgan fingerprint density at radius 2 is 1.90 bits per heavy atom. The fourth-order valence-electron chi connectivity index (χ4n) is 2.20. The van der Waals surface area contributed by atoms with E-state index in [1.165, 1.54) is 17.7 Å². The lowest BCUT2D eigenvalue weighted by atomic mass is 10.1. The van der Waals surface area contributed by atoms with Crippen molar-refractivity contribution in [2.45, 2.75) is 26.3 Å². The van der Waals surface area contributed by atoms with Gasteiger partial charge in [-0.1, -0.05) is 35.0 Å². The van der Waals surface area contributed by atoms with Crippen LogP contribution >= 0.6 is 15.9 Å². The molecule has 0 saturated carbocycles. The summed E-state index contributed by atoms with van der Waals surface area (Å²) in [5, 5.41) is 14.1. The lowest BCUT2D eigenvalue weighted by Crippen LogP contribution is -2.08. The average molecular weight is 349 g/mol. The van der Waals surface area contributed by atoms with Crippen LogP contribution in [0.15, 0.2) is 46.9 Å². The minimum atomic E-state index is -0.383. The number of nitro benzene ring substituents is 1. The van der Waals surface area contributed by atoms with Crippen LogP contribution in [0, 0.1) is 10.1 Å². The van der Waals surface area contributed by atoms with E-state index >= 15 is 0 Å². The van der Waals surface area contributed by atoms with Gasteiger partial charge in [0.1, 0.15) is 0 Å². The van der Waals surface area contributed by atoms with E-state index in [0.717, 1.165) is 22.1 Å². The molecule has 5 heteroatoms. The maximum Gasteiger partial charge on any atom is 0.269 e. The molecule has 0 heterocycles. The number of halogens is 1. The molecule has 0 aliphatic heterocycles. The largest absolute Gasteiger partial charge is 0.378 e. The molecular weight excluding hydrogens is 332 g/mol. The van der Waals surface area contributed by atoms with Crippen LogP contribution in [0.4, 0.5) is 11.4 Å². The molecule has 2 aromatic carbocycles. The van der Waals surface area contributed by atoms with Crippen LogP contribution in [0.2, 0.25) is 0 Å². The smallest absolute Gasteiger partial charge is 0.269 e. The summed E-state index contributed by atoms with van der Waals surface area (Å²) in [6.45, 7) is 4.16. The first-order valence-electron chi connectivity index (χ1n) is 6.80. The van der Waals surface area contributed by atoms with Crippen LogP contribution in [0.1, 0.15) is 31.0 Å². The third-order valence-corrected chi connectivity index (χ3v) is 3.92. The highest BCUT2D eigenvalue weighted by molar-refractivity contribution is 9.10. The standard InChI is InChI=1S/C16H17BrN2O2/c1-3-12-10-14(17)6-9-16(12)18-11(2)13-4-7-15(8-5-13)19(20)21/h4-11,18H,3H2,1-2H3. The number of nitro groups is 1. The monoisotopic (exact) mass is 348 g/mol. The van der Waals surface area contributed by atoms with E-state index in [9.17, 15) is 10.1 Å². The molecule has 2 aromatic rings. The Hall–Kier alpha value is -1.88. The van der Waals surface area contributed by atoms with Crippen LogP contribution in [0.25, 0.3) is 0 Å². The maximum absolute atomic E-state index is 10.7. The molecule has 0 aliphatic carbocycles. The highest BCUT2D eigenvalue weighted by Gasteiger charge is 2.10. The van der Waals surface area contributed by atoms with Gasteiger partial charge in [0, 0.05) is 28.3 Å². The van der Waals surface area contributed by atoms with E-state index in [2.05, 4.69) is 34.2 Å². The molecule has 0 bridgehead atoms. The molecule has 0 spiro atoms. The number of aryl methyl sites for hydroxylation is 1. The number of hydrogen-bond donors (Lipinski definition) is 1. The van der Waals surface area contributed by atoms with E-state index in [4.69, 9.17) is 0 Å². The first kappa shape index (κ1) is 15.5. The van der Waals surface area contributed by atoms with Crippen molar-refractivity contribution in [3.05, 3.63) is 68.2 Å². The van der Waals surface area contributed by atoms with Crippen molar-refractivity contribution in [1.82, 2.24) is 0 Å². The summed E-state index contributed by atoms with van der Waals surface area (Å²) in [5.74, 6) is 0. The van der Waals surface area contributed by atoms with Gasteiger partial charge >= 0.3 is 0 Å². The molecule has 2 rings (SSSR count). The zero-order chi connectivity index (χ0) is 15.4. The number of nitrogens with one attached hydrogen (secondary N) is 1. The zero-order valence-electron chi connectivity index (χ0n) is 12.0. The zero-order valence-corrected chi connectivity index (χ0v) is 13.6. The second kappa shape index (κ2) is 6.72. The first-order chi connectivity index (χ1) is 10.0. The number of non-ortho nitro benzene ring substituents is 1. The van der Waals surface area contributed by atoms with Crippen molar-refractivity contribution in [3.8, 4) is 0 Å². The highest BCUT2D eigenvalue weighted by atomic mass is 79.9. The number of anilines is 1. The van der Waals surface area contributed by atoms with Crippen LogP contribution in [0.3, 0.4) is 0 Å². The lowest BCUT2D eigenvalue weighted by Gasteiger charge is -2.18. The molecule has 0 amide bonds. The molecule has 1 atom stereocenters. The normalized spacial score (nSPS) is 12.0. The molecule has 0 aliphatic rings. The molecule has 1 unspecified atom stereocenters. The predicted molar refractivity (Wildman–Crippen MR) is 88.7 cm³/mol. The average Bonchev–Trinajstić information content (AvgIpc) is 2.49. The Morgan fingerprint density at radius 3 is 2.48 bits per heavy atom. The SMILES string of the molecule is CCc1cc(Br)ccc1NC(C)c1ccc([N+](=O)[O-])cc1. The topological polar surface area (TPSA) is 55.2 Å². The van der Waals surface area contributed by atoms with Gasteiger partial charge < -0.3 is 5.32 Å². The second-order valence-electron chi connectivity index (χ2n) is 4.87. The Morgan fingerprint density at radius 1 is 1.24 bits per heavy atom. The highest BCUT2D eigenvalue weighted by Crippen LogP contribution is 2.26. The lowest BCUT2D eigenvalue weighted by molar-refractivity contribution is -0.384. The van der Waals surface area contributed by atoms with E-state index in [1.807, 2.05) is 19.1 Å². The molecule has 0 aromatic heterocycles. The van der Waals surface area contributed by atoms with Crippen molar-refractivity contribution < 1.29 is 4.92 Å². The summed E-state index contributed by atoms with van der Waals surface area (Å²) in [6.07, 6.45) is 0.939. The Bertz CT molecular complexity index is 641. The van der Waals surface area contributed by atoms with E-state index < -0.39 is 0 Å². The van der Waals surface area contributed by atoms with Crippen molar-refractivity contribution in [1.29, 1.82) is 0 Å². The fraction of sp³-hybridized carbons (Fsp3) is 0.250. The third-order valence-electron chi connectivity index (χ3n) is 3.42. The molecule has 110 valence electrons. The van der Waals surface area contributed by atoms with E-state index in [1.54, 1.807) is 12.1 Å². The van der Waals surface area contributed by atoms with Gasteiger partial charge in [-0.3, -0.25) is 10.1 Å². The molecule has 21 heavy (non-hydrogen) atoms. The Kier molecular flexibility index (Phi) is 4.96. The number of nitrogens with zero attached hydrogens (tertiary/aromatic N) is 1. The fourth-order valence-corrected chi connectivity index (χ4v) is 2.61. The van der Waals surface area contributed by atoms with Gasteiger partial charge in [-0.05, 0) is 42.7 Å². The quantitative estimate of drug-likeness (QED) is 0.604. The predicted octanol–water partition coefficient (Wildman–Crippen LogP) is 5.09. The minimum Gasteiger partial charge on any atom is -0.378 e. The third kappa shape index (κ3) is 3.82.